The number of rotatable bonds is 18. The van der Waals surface area contributed by atoms with Crippen LogP contribution in [0.1, 0.15) is 122 Å². The van der Waals surface area contributed by atoms with Crippen LogP contribution in [0.15, 0.2) is 12.4 Å². The van der Waals surface area contributed by atoms with Crippen LogP contribution in [0.25, 0.3) is 0 Å². The van der Waals surface area contributed by atoms with Crippen molar-refractivity contribution in [3.63, 3.8) is 0 Å². The number of nitrogens with zero attached hydrogens (tertiary/aromatic N) is 2. The van der Waals surface area contributed by atoms with Crippen LogP contribution in [0.4, 0.5) is 0 Å². The monoisotopic (exact) mass is 363 g/mol. The molecule has 0 saturated carbocycles. The molecule has 0 atom stereocenters. The Hall–Kier alpha value is -0.790. The van der Waals surface area contributed by atoms with Crippen molar-refractivity contribution in [3.8, 4) is 0 Å². The van der Waals surface area contributed by atoms with E-state index >= 15 is 0 Å². The van der Waals surface area contributed by atoms with E-state index in [0.717, 1.165) is 0 Å². The first-order chi connectivity index (χ1) is 12.8. The van der Waals surface area contributed by atoms with Gasteiger partial charge in [0.2, 0.25) is 0 Å². The number of imidazole rings is 1. The zero-order valence-corrected chi connectivity index (χ0v) is 18.3. The Labute approximate surface area is 164 Å². The van der Waals surface area contributed by atoms with Gasteiger partial charge in [0.25, 0.3) is 5.82 Å². The van der Waals surface area contributed by atoms with Crippen LogP contribution in [0.5, 0.6) is 0 Å². The summed E-state index contributed by atoms with van der Waals surface area (Å²) in [5, 5.41) is 0. The van der Waals surface area contributed by atoms with Gasteiger partial charge >= 0.3 is 0 Å². The molecule has 0 aromatic carbocycles. The number of aryl methyl sites for hydroxylation is 2. The summed E-state index contributed by atoms with van der Waals surface area (Å²) >= 11 is 0. The first kappa shape index (κ1) is 23.2. The van der Waals surface area contributed by atoms with Gasteiger partial charge in [-0.1, -0.05) is 97.3 Å². The van der Waals surface area contributed by atoms with Crippen LogP contribution in [0.3, 0.4) is 0 Å². The van der Waals surface area contributed by atoms with E-state index in [1.807, 2.05) is 0 Å². The average molecular weight is 364 g/mol. The van der Waals surface area contributed by atoms with Crippen molar-refractivity contribution < 1.29 is 4.57 Å². The molecule has 26 heavy (non-hydrogen) atoms. The molecule has 0 amide bonds. The Kier molecular flexibility index (Phi) is 14.7. The largest absolute Gasteiger partial charge is 0.256 e. The summed E-state index contributed by atoms with van der Waals surface area (Å²) in [5.41, 5.74) is 0. The van der Waals surface area contributed by atoms with Crippen molar-refractivity contribution in [1.29, 1.82) is 0 Å². The molecule has 0 fully saturated rings. The summed E-state index contributed by atoms with van der Waals surface area (Å²) in [6, 6.07) is 0. The highest BCUT2D eigenvalue weighted by molar-refractivity contribution is 4.82. The Morgan fingerprint density at radius 1 is 0.654 bits per heavy atom. The van der Waals surface area contributed by atoms with Gasteiger partial charge in [-0.3, -0.25) is 0 Å². The number of hydrogen-bond donors (Lipinski definition) is 0. The summed E-state index contributed by atoms with van der Waals surface area (Å²) in [6.45, 7) is 5.79. The van der Waals surface area contributed by atoms with E-state index in [2.05, 4.69) is 42.4 Å². The first-order valence-corrected chi connectivity index (χ1v) is 11.8. The Morgan fingerprint density at radius 3 is 1.65 bits per heavy atom. The van der Waals surface area contributed by atoms with Gasteiger partial charge in [0, 0.05) is 6.42 Å². The predicted octanol–water partition coefficient (Wildman–Crippen LogP) is 7.14. The fourth-order valence-corrected chi connectivity index (χ4v) is 3.91. The predicted molar refractivity (Wildman–Crippen MR) is 115 cm³/mol. The lowest BCUT2D eigenvalue weighted by Crippen LogP contribution is -2.37. The minimum absolute atomic E-state index is 1.21. The van der Waals surface area contributed by atoms with Crippen molar-refractivity contribution in [2.24, 2.45) is 7.05 Å². The molecule has 1 rings (SSSR count). The minimum atomic E-state index is 1.21. The summed E-state index contributed by atoms with van der Waals surface area (Å²) in [7, 11) is 2.20. The fraction of sp³-hybridized carbons (Fsp3) is 0.875. The van der Waals surface area contributed by atoms with E-state index in [-0.39, 0.29) is 0 Å². The van der Waals surface area contributed by atoms with Gasteiger partial charge in [-0.2, -0.15) is 0 Å². The van der Waals surface area contributed by atoms with Gasteiger partial charge in [-0.05, 0) is 19.3 Å². The lowest BCUT2D eigenvalue weighted by molar-refractivity contribution is -0.704. The quantitative estimate of drug-likeness (QED) is 0.194. The molecule has 152 valence electrons. The molecule has 0 unspecified atom stereocenters. The van der Waals surface area contributed by atoms with Gasteiger partial charge in [-0.25, -0.2) is 9.13 Å². The van der Waals surface area contributed by atoms with E-state index in [4.69, 9.17) is 0 Å². The fourth-order valence-electron chi connectivity index (χ4n) is 3.91. The third-order valence-corrected chi connectivity index (χ3v) is 5.72. The maximum Gasteiger partial charge on any atom is 0.256 e. The van der Waals surface area contributed by atoms with Gasteiger partial charge in [-0.15, -0.1) is 0 Å². The van der Waals surface area contributed by atoms with Crippen LogP contribution in [-0.4, -0.2) is 4.57 Å². The molecule has 1 aromatic heterocycles. The highest BCUT2D eigenvalue weighted by Gasteiger charge is 2.13. The van der Waals surface area contributed by atoms with E-state index in [1.165, 1.54) is 122 Å². The number of unbranched alkanes of at least 4 members (excludes halogenated alkanes) is 14. The van der Waals surface area contributed by atoms with Crippen molar-refractivity contribution in [2.45, 2.75) is 130 Å². The second-order valence-corrected chi connectivity index (χ2v) is 8.22. The van der Waals surface area contributed by atoms with Crippen molar-refractivity contribution in [2.75, 3.05) is 0 Å². The minimum Gasteiger partial charge on any atom is -0.237 e. The second kappa shape index (κ2) is 16.4. The molecule has 0 N–H and O–H groups in total. The molecule has 0 spiro atoms. The molecule has 0 saturated heterocycles. The van der Waals surface area contributed by atoms with Gasteiger partial charge < -0.3 is 0 Å². The van der Waals surface area contributed by atoms with E-state index < -0.39 is 0 Å². The Morgan fingerprint density at radius 2 is 1.12 bits per heavy atom. The molecule has 1 aromatic rings. The topological polar surface area (TPSA) is 8.81 Å². The molecule has 1 heterocycles. The highest BCUT2D eigenvalue weighted by atomic mass is 15.1. The molecule has 0 aliphatic rings. The Balaban J connectivity index is 2.01. The third-order valence-electron chi connectivity index (χ3n) is 5.72. The first-order valence-electron chi connectivity index (χ1n) is 11.8. The average Bonchev–Trinajstić information content (AvgIpc) is 2.99. The van der Waals surface area contributed by atoms with E-state index in [9.17, 15) is 0 Å². The lowest BCUT2D eigenvalue weighted by atomic mass is 10.1. The standard InChI is InChI=1S/C24H47N2/c1-4-6-8-10-11-12-13-14-15-16-17-19-21-26-23-22-25(3)24(26)20-18-9-7-5-2/h22-23H,4-21H2,1-3H3/q+1. The maximum atomic E-state index is 2.50. The molecule has 0 bridgehead atoms. The van der Waals surface area contributed by atoms with Gasteiger partial charge in [0.05, 0.1) is 13.6 Å². The smallest absolute Gasteiger partial charge is 0.237 e. The number of hydrogen-bond acceptors (Lipinski definition) is 0. The van der Waals surface area contributed by atoms with E-state index in [1.54, 1.807) is 0 Å². The Bertz CT molecular complexity index is 422. The molecule has 0 radical (unpaired) electrons. The van der Waals surface area contributed by atoms with E-state index in [0.29, 0.717) is 0 Å². The molecule has 2 heteroatoms. The highest BCUT2D eigenvalue weighted by Crippen LogP contribution is 2.12. The summed E-state index contributed by atoms with van der Waals surface area (Å²) in [4.78, 5) is 0. The summed E-state index contributed by atoms with van der Waals surface area (Å²) in [5.74, 6) is 1.52. The van der Waals surface area contributed by atoms with Gasteiger partial charge in [0.1, 0.15) is 12.4 Å². The van der Waals surface area contributed by atoms with Gasteiger partial charge in [0.15, 0.2) is 0 Å². The maximum absolute atomic E-state index is 2.50. The molecule has 2 nitrogen and oxygen atoms in total. The SMILES string of the molecule is CCCCCCCCCCCCCC[n+]1ccn(C)c1CCCCCC. The zero-order chi connectivity index (χ0) is 18.9. The van der Waals surface area contributed by atoms with Crippen LogP contribution in [0.2, 0.25) is 0 Å². The molecular formula is C24H47N2+. The van der Waals surface area contributed by atoms with Crippen LogP contribution >= 0.6 is 0 Å². The number of aromatic nitrogens is 2. The molecule has 0 aliphatic carbocycles. The second-order valence-electron chi connectivity index (χ2n) is 8.22. The lowest BCUT2D eigenvalue weighted by Gasteiger charge is -2.04. The normalized spacial score (nSPS) is 11.3. The summed E-state index contributed by atoms with van der Waals surface area (Å²) < 4.78 is 4.83. The molecular weight excluding hydrogens is 316 g/mol. The van der Waals surface area contributed by atoms with Crippen LogP contribution in [0, 0.1) is 0 Å². The van der Waals surface area contributed by atoms with Crippen LogP contribution < -0.4 is 4.57 Å². The summed E-state index contributed by atoms with van der Waals surface area (Å²) in [6.07, 6.45) is 28.3. The molecule has 0 aliphatic heterocycles. The third kappa shape index (κ3) is 11.0. The van der Waals surface area contributed by atoms with Crippen molar-refractivity contribution in [3.05, 3.63) is 18.2 Å². The zero-order valence-electron chi connectivity index (χ0n) is 18.3. The van der Waals surface area contributed by atoms with Crippen molar-refractivity contribution in [1.82, 2.24) is 4.57 Å². The van der Waals surface area contributed by atoms with Crippen LogP contribution in [-0.2, 0) is 20.0 Å². The van der Waals surface area contributed by atoms with Crippen molar-refractivity contribution >= 4 is 0 Å².